The maximum atomic E-state index is 11.7. The van der Waals surface area contributed by atoms with Crippen molar-refractivity contribution in [3.63, 3.8) is 0 Å². The van der Waals surface area contributed by atoms with Gasteiger partial charge in [-0.2, -0.15) is 0 Å². The Hall–Kier alpha value is -1.39. The van der Waals surface area contributed by atoms with Crippen LogP contribution in [0, 0.1) is 0 Å². The van der Waals surface area contributed by atoms with Crippen LogP contribution in [0.1, 0.15) is 0 Å². The number of ether oxygens (including phenoxy) is 1. The molecule has 2 heterocycles. The van der Waals surface area contributed by atoms with Gasteiger partial charge in [0.1, 0.15) is 6.61 Å². The molecule has 122 valence electrons. The predicted molar refractivity (Wildman–Crippen MR) is 85.4 cm³/mol. The minimum absolute atomic E-state index is 0.0150. The topological polar surface area (TPSA) is 87.7 Å². The zero-order valence-electron chi connectivity index (χ0n) is 12.6. The molecule has 0 spiro atoms. The van der Waals surface area contributed by atoms with Crippen molar-refractivity contribution >= 4 is 40.0 Å². The Balaban J connectivity index is 1.83. The van der Waals surface area contributed by atoms with Gasteiger partial charge in [-0.3, -0.25) is 9.59 Å². The number of amides is 2. The molecule has 0 aromatic carbocycles. The van der Waals surface area contributed by atoms with E-state index in [2.05, 4.69) is 20.4 Å². The van der Waals surface area contributed by atoms with Crippen LogP contribution in [0.25, 0.3) is 0 Å². The molecule has 2 amide bonds. The predicted octanol–water partition coefficient (Wildman–Crippen LogP) is -0.329. The fraction of sp³-hybridized carbons (Fsp3) is 0.667. The van der Waals surface area contributed by atoms with Gasteiger partial charge in [0.05, 0.1) is 5.75 Å². The van der Waals surface area contributed by atoms with Crippen LogP contribution in [0.4, 0.5) is 5.13 Å². The summed E-state index contributed by atoms with van der Waals surface area (Å²) in [6.07, 6.45) is 0. The Labute approximate surface area is 137 Å². The van der Waals surface area contributed by atoms with E-state index in [4.69, 9.17) is 4.74 Å². The summed E-state index contributed by atoms with van der Waals surface area (Å²) in [5.74, 6) is 0.318. The van der Waals surface area contributed by atoms with Gasteiger partial charge in [0.25, 0.3) is 0 Å². The number of anilines is 1. The van der Waals surface area contributed by atoms with Crippen LogP contribution >= 0.6 is 23.1 Å². The summed E-state index contributed by atoms with van der Waals surface area (Å²) < 4.78 is 5.64. The molecule has 1 N–H and O–H groups in total. The first-order chi connectivity index (χ1) is 10.6. The minimum atomic E-state index is -0.0352. The smallest absolute Gasteiger partial charge is 0.248 e. The van der Waals surface area contributed by atoms with E-state index in [-0.39, 0.29) is 18.4 Å². The molecule has 0 radical (unpaired) electrons. The molecule has 1 aliphatic rings. The number of methoxy groups -OCH3 is 1. The van der Waals surface area contributed by atoms with Crippen molar-refractivity contribution in [3.8, 4) is 0 Å². The van der Waals surface area contributed by atoms with E-state index in [0.717, 1.165) is 22.6 Å². The highest BCUT2D eigenvalue weighted by atomic mass is 32.2. The fourth-order valence-electron chi connectivity index (χ4n) is 1.95. The van der Waals surface area contributed by atoms with Crippen molar-refractivity contribution < 1.29 is 14.3 Å². The van der Waals surface area contributed by atoms with Gasteiger partial charge in [-0.05, 0) is 0 Å². The van der Waals surface area contributed by atoms with E-state index in [0.29, 0.717) is 18.8 Å². The fourth-order valence-corrected chi connectivity index (χ4v) is 3.71. The van der Waals surface area contributed by atoms with E-state index < -0.39 is 0 Å². The largest absolute Gasteiger partial charge is 0.375 e. The minimum Gasteiger partial charge on any atom is -0.375 e. The maximum absolute atomic E-state index is 11.7. The number of hydrogen-bond acceptors (Lipinski definition) is 8. The second-order valence-electron chi connectivity index (χ2n) is 4.61. The third kappa shape index (κ3) is 4.55. The highest BCUT2D eigenvalue weighted by Gasteiger charge is 2.23. The van der Waals surface area contributed by atoms with Crippen molar-refractivity contribution in [1.82, 2.24) is 20.4 Å². The summed E-state index contributed by atoms with van der Waals surface area (Å²) in [5, 5.41) is 11.7. The summed E-state index contributed by atoms with van der Waals surface area (Å²) in [7, 11) is 3.13. The number of nitrogens with zero attached hydrogens (tertiary/aromatic N) is 4. The monoisotopic (exact) mass is 345 g/mol. The van der Waals surface area contributed by atoms with Crippen molar-refractivity contribution in [2.24, 2.45) is 0 Å². The van der Waals surface area contributed by atoms with Crippen LogP contribution in [0.3, 0.4) is 0 Å². The van der Waals surface area contributed by atoms with Crippen LogP contribution in [0.2, 0.25) is 0 Å². The molecule has 10 heteroatoms. The average Bonchev–Trinajstić information content (AvgIpc) is 3.02. The van der Waals surface area contributed by atoms with Gasteiger partial charge >= 0.3 is 0 Å². The van der Waals surface area contributed by atoms with Crippen LogP contribution in [-0.4, -0.2) is 79.6 Å². The maximum Gasteiger partial charge on any atom is 0.248 e. The molecular formula is C12H19N5O3S2. The average molecular weight is 345 g/mol. The summed E-state index contributed by atoms with van der Waals surface area (Å²) in [6, 6.07) is 0. The molecule has 1 aromatic rings. The molecule has 0 aliphatic carbocycles. The van der Waals surface area contributed by atoms with E-state index in [1.807, 2.05) is 0 Å². The SMILES string of the molecule is CNC(=O)CSc1nnc(N2CCN(C(=O)COC)CC2)s1. The lowest BCUT2D eigenvalue weighted by atomic mass is 10.3. The van der Waals surface area contributed by atoms with E-state index in [1.54, 1.807) is 11.9 Å². The normalized spacial score (nSPS) is 15.0. The third-order valence-electron chi connectivity index (χ3n) is 3.17. The molecule has 0 unspecified atom stereocenters. The molecule has 1 fully saturated rings. The standard InChI is InChI=1S/C12H19N5O3S2/c1-13-9(18)8-21-12-15-14-11(22-12)17-5-3-16(4-6-17)10(19)7-20-2/h3-8H2,1-2H3,(H,13,18). The van der Waals surface area contributed by atoms with Crippen molar-refractivity contribution in [1.29, 1.82) is 0 Å². The van der Waals surface area contributed by atoms with Crippen molar-refractivity contribution in [2.75, 3.05) is 57.6 Å². The number of rotatable bonds is 6. The number of nitrogens with one attached hydrogen (secondary N) is 1. The van der Waals surface area contributed by atoms with Gasteiger partial charge in [-0.25, -0.2) is 0 Å². The molecule has 0 bridgehead atoms. The number of carbonyl (C=O) groups is 2. The van der Waals surface area contributed by atoms with E-state index in [9.17, 15) is 9.59 Å². The van der Waals surface area contributed by atoms with Gasteiger partial charge in [-0.1, -0.05) is 23.1 Å². The summed E-state index contributed by atoms with van der Waals surface area (Å²) in [4.78, 5) is 26.9. The Morgan fingerprint density at radius 2 is 2.05 bits per heavy atom. The Morgan fingerprint density at radius 1 is 1.32 bits per heavy atom. The molecule has 1 aromatic heterocycles. The zero-order valence-corrected chi connectivity index (χ0v) is 14.2. The number of aromatic nitrogens is 2. The van der Waals surface area contributed by atoms with Gasteiger partial charge < -0.3 is 19.9 Å². The molecular weight excluding hydrogens is 326 g/mol. The molecule has 1 aliphatic heterocycles. The van der Waals surface area contributed by atoms with Crippen LogP contribution in [0.5, 0.6) is 0 Å². The zero-order chi connectivity index (χ0) is 15.9. The first-order valence-corrected chi connectivity index (χ1v) is 8.62. The molecule has 0 atom stereocenters. The van der Waals surface area contributed by atoms with Crippen molar-refractivity contribution in [2.45, 2.75) is 4.34 Å². The summed E-state index contributed by atoms with van der Waals surface area (Å²) in [6.45, 7) is 2.89. The first kappa shape index (κ1) is 17.0. The van der Waals surface area contributed by atoms with Crippen LogP contribution in [-0.2, 0) is 14.3 Å². The molecule has 22 heavy (non-hydrogen) atoms. The first-order valence-electron chi connectivity index (χ1n) is 6.82. The second kappa shape index (κ2) is 8.30. The van der Waals surface area contributed by atoms with Gasteiger partial charge in [-0.15, -0.1) is 10.2 Å². The van der Waals surface area contributed by atoms with Crippen LogP contribution < -0.4 is 10.2 Å². The summed E-state index contributed by atoms with van der Waals surface area (Å²) in [5.41, 5.74) is 0. The molecule has 0 saturated carbocycles. The molecule has 2 rings (SSSR count). The van der Waals surface area contributed by atoms with Gasteiger partial charge in [0, 0.05) is 40.3 Å². The highest BCUT2D eigenvalue weighted by Crippen LogP contribution is 2.28. The Morgan fingerprint density at radius 3 is 2.68 bits per heavy atom. The van der Waals surface area contributed by atoms with Crippen molar-refractivity contribution in [3.05, 3.63) is 0 Å². The van der Waals surface area contributed by atoms with E-state index >= 15 is 0 Å². The Bertz CT molecular complexity index is 517. The molecule has 1 saturated heterocycles. The van der Waals surface area contributed by atoms with Gasteiger partial charge in [0.15, 0.2) is 4.34 Å². The number of thioether (sulfide) groups is 1. The lowest BCUT2D eigenvalue weighted by molar-refractivity contribution is -0.135. The Kier molecular flexibility index (Phi) is 6.40. The highest BCUT2D eigenvalue weighted by molar-refractivity contribution is 8.01. The van der Waals surface area contributed by atoms with E-state index in [1.165, 1.54) is 30.2 Å². The number of carbonyl (C=O) groups excluding carboxylic acids is 2. The quantitative estimate of drug-likeness (QED) is 0.707. The summed E-state index contributed by atoms with van der Waals surface area (Å²) >= 11 is 2.85. The second-order valence-corrected chi connectivity index (χ2v) is 6.79. The third-order valence-corrected chi connectivity index (χ3v) is 5.29. The van der Waals surface area contributed by atoms with Gasteiger partial charge in [0.2, 0.25) is 16.9 Å². The molecule has 8 nitrogen and oxygen atoms in total. The number of hydrogen-bond donors (Lipinski definition) is 1. The lowest BCUT2D eigenvalue weighted by Crippen LogP contribution is -2.49. The number of piperazine rings is 1. The van der Waals surface area contributed by atoms with Crippen LogP contribution in [0.15, 0.2) is 4.34 Å². The lowest BCUT2D eigenvalue weighted by Gasteiger charge is -2.34.